The zero-order valence-electron chi connectivity index (χ0n) is 11.9. The van der Waals surface area contributed by atoms with Crippen molar-refractivity contribution >= 4 is 0 Å². The van der Waals surface area contributed by atoms with Crippen molar-refractivity contribution < 1.29 is 9.13 Å². The molecule has 1 aliphatic heterocycles. The Morgan fingerprint density at radius 2 is 1.82 bits per heavy atom. The summed E-state index contributed by atoms with van der Waals surface area (Å²) >= 11 is 0. The lowest BCUT2D eigenvalue weighted by Gasteiger charge is -2.46. The Hall–Kier alpha value is -0.150. The second kappa shape index (κ2) is 6.69. The molecule has 0 spiro atoms. The van der Waals surface area contributed by atoms with Gasteiger partial charge in [-0.25, -0.2) is 4.39 Å². The number of hydrogen-bond acceptors (Lipinski definition) is 2. The fraction of sp³-hybridized carbons (Fsp3) is 1.00. The predicted octanol–water partition coefficient (Wildman–Crippen LogP) is 3.61. The minimum atomic E-state index is -1.15. The number of ether oxygens (including phenoxy) is 1. The van der Waals surface area contributed by atoms with Gasteiger partial charge in [-0.2, -0.15) is 0 Å². The Morgan fingerprint density at radius 1 is 1.18 bits per heavy atom. The molecule has 3 unspecified atom stereocenters. The number of nitrogens with zero attached hydrogens (tertiary/aromatic N) is 1. The molecule has 3 heteroatoms. The standard InChI is InChI=1S/C14H28FNO/c1-10(2)14-8-6-7-13(9-17-12(5)15)16(14)11(3)4/h10-14H,6-9H2,1-5H3. The summed E-state index contributed by atoms with van der Waals surface area (Å²) in [4.78, 5) is 2.54. The van der Waals surface area contributed by atoms with E-state index in [1.165, 1.54) is 19.8 Å². The molecule has 102 valence electrons. The molecule has 0 amide bonds. The van der Waals surface area contributed by atoms with Gasteiger partial charge in [0.15, 0.2) is 6.36 Å². The SMILES string of the molecule is CC(F)OCC1CCCC(C(C)C)N1C(C)C. The van der Waals surface area contributed by atoms with Gasteiger partial charge in [0.05, 0.1) is 6.61 Å². The first kappa shape index (κ1) is 14.9. The molecule has 0 aromatic rings. The Balaban J connectivity index is 2.66. The molecule has 0 N–H and O–H groups in total. The lowest BCUT2D eigenvalue weighted by atomic mass is 9.88. The molecule has 0 aromatic carbocycles. The molecule has 0 aromatic heterocycles. The fourth-order valence-electron chi connectivity index (χ4n) is 3.03. The first-order valence-corrected chi connectivity index (χ1v) is 6.96. The second-order valence-corrected chi connectivity index (χ2v) is 5.81. The first-order valence-electron chi connectivity index (χ1n) is 6.96. The summed E-state index contributed by atoms with van der Waals surface area (Å²) in [6.07, 6.45) is 2.48. The Labute approximate surface area is 106 Å². The van der Waals surface area contributed by atoms with E-state index in [1.807, 2.05) is 0 Å². The van der Waals surface area contributed by atoms with Gasteiger partial charge in [0, 0.05) is 18.1 Å². The van der Waals surface area contributed by atoms with Crippen LogP contribution >= 0.6 is 0 Å². The molecule has 0 bridgehead atoms. The molecule has 0 saturated carbocycles. The lowest BCUT2D eigenvalue weighted by molar-refractivity contribution is -0.0773. The summed E-state index contributed by atoms with van der Waals surface area (Å²) in [5.74, 6) is 0.656. The molecule has 1 fully saturated rings. The zero-order valence-corrected chi connectivity index (χ0v) is 11.9. The van der Waals surface area contributed by atoms with E-state index in [-0.39, 0.29) is 0 Å². The molecule has 1 heterocycles. The summed E-state index contributed by atoms with van der Waals surface area (Å²) < 4.78 is 18.0. The lowest BCUT2D eigenvalue weighted by Crippen LogP contribution is -2.54. The van der Waals surface area contributed by atoms with Crippen molar-refractivity contribution in [1.29, 1.82) is 0 Å². The average Bonchev–Trinajstić information content (AvgIpc) is 2.25. The average molecular weight is 245 g/mol. The second-order valence-electron chi connectivity index (χ2n) is 5.81. The van der Waals surface area contributed by atoms with Crippen LogP contribution in [-0.2, 0) is 4.74 Å². The Kier molecular flexibility index (Phi) is 5.87. The number of likely N-dealkylation sites (tertiary alicyclic amines) is 1. The fourth-order valence-corrected chi connectivity index (χ4v) is 3.03. The van der Waals surface area contributed by atoms with Crippen molar-refractivity contribution in [3.05, 3.63) is 0 Å². The third-order valence-corrected chi connectivity index (χ3v) is 3.73. The van der Waals surface area contributed by atoms with Crippen LogP contribution in [0.4, 0.5) is 4.39 Å². The zero-order chi connectivity index (χ0) is 13.0. The van der Waals surface area contributed by atoms with Crippen LogP contribution in [-0.4, -0.2) is 36.0 Å². The van der Waals surface area contributed by atoms with Gasteiger partial charge in [-0.1, -0.05) is 20.3 Å². The van der Waals surface area contributed by atoms with Gasteiger partial charge in [-0.15, -0.1) is 0 Å². The van der Waals surface area contributed by atoms with Crippen molar-refractivity contribution in [2.24, 2.45) is 5.92 Å². The van der Waals surface area contributed by atoms with E-state index in [2.05, 4.69) is 32.6 Å². The maximum absolute atomic E-state index is 12.8. The van der Waals surface area contributed by atoms with E-state index < -0.39 is 6.36 Å². The van der Waals surface area contributed by atoms with E-state index in [1.54, 1.807) is 0 Å². The summed E-state index contributed by atoms with van der Waals surface area (Å²) in [6, 6.07) is 1.51. The Bertz CT molecular complexity index is 218. The number of halogens is 1. The topological polar surface area (TPSA) is 12.5 Å². The van der Waals surface area contributed by atoms with Crippen LogP contribution in [0.1, 0.15) is 53.9 Å². The van der Waals surface area contributed by atoms with Gasteiger partial charge < -0.3 is 4.74 Å². The highest BCUT2D eigenvalue weighted by Crippen LogP contribution is 2.29. The van der Waals surface area contributed by atoms with Crippen LogP contribution in [0.15, 0.2) is 0 Å². The molecule has 17 heavy (non-hydrogen) atoms. The highest BCUT2D eigenvalue weighted by molar-refractivity contribution is 4.88. The molecule has 1 aliphatic rings. The molecular weight excluding hydrogens is 217 g/mol. The number of hydrogen-bond donors (Lipinski definition) is 0. The maximum Gasteiger partial charge on any atom is 0.195 e. The summed E-state index contributed by atoms with van der Waals surface area (Å²) in [7, 11) is 0. The number of rotatable bonds is 5. The number of piperidine rings is 1. The van der Waals surface area contributed by atoms with Gasteiger partial charge in [0.1, 0.15) is 0 Å². The quantitative estimate of drug-likeness (QED) is 0.733. The largest absolute Gasteiger partial charge is 0.347 e. The highest BCUT2D eigenvalue weighted by atomic mass is 19.1. The minimum Gasteiger partial charge on any atom is -0.347 e. The molecule has 1 saturated heterocycles. The van der Waals surface area contributed by atoms with Gasteiger partial charge in [-0.3, -0.25) is 4.90 Å². The van der Waals surface area contributed by atoms with Crippen molar-refractivity contribution in [3.63, 3.8) is 0 Å². The van der Waals surface area contributed by atoms with Gasteiger partial charge >= 0.3 is 0 Å². The molecule has 1 rings (SSSR count). The third kappa shape index (κ3) is 4.22. The van der Waals surface area contributed by atoms with E-state index in [0.29, 0.717) is 30.7 Å². The summed E-state index contributed by atoms with van der Waals surface area (Å²) in [6.45, 7) is 11.0. The molecule has 3 atom stereocenters. The van der Waals surface area contributed by atoms with Crippen LogP contribution in [0.25, 0.3) is 0 Å². The molecule has 0 aliphatic carbocycles. The van der Waals surface area contributed by atoms with E-state index in [4.69, 9.17) is 4.74 Å². The smallest absolute Gasteiger partial charge is 0.195 e. The molecule has 0 radical (unpaired) electrons. The normalized spacial score (nSPS) is 28.9. The maximum atomic E-state index is 12.8. The first-order chi connectivity index (χ1) is 7.93. The van der Waals surface area contributed by atoms with Crippen LogP contribution in [0.5, 0.6) is 0 Å². The number of alkyl halides is 1. The van der Waals surface area contributed by atoms with Crippen LogP contribution < -0.4 is 0 Å². The van der Waals surface area contributed by atoms with Crippen LogP contribution in [0.2, 0.25) is 0 Å². The minimum absolute atomic E-state index is 0.384. The van der Waals surface area contributed by atoms with E-state index in [0.717, 1.165) is 6.42 Å². The van der Waals surface area contributed by atoms with Crippen LogP contribution in [0, 0.1) is 5.92 Å². The van der Waals surface area contributed by atoms with Crippen molar-refractivity contribution in [2.45, 2.75) is 78.4 Å². The summed E-state index contributed by atoms with van der Waals surface area (Å²) in [5, 5.41) is 0. The van der Waals surface area contributed by atoms with Crippen molar-refractivity contribution in [3.8, 4) is 0 Å². The Morgan fingerprint density at radius 3 is 2.29 bits per heavy atom. The van der Waals surface area contributed by atoms with Gasteiger partial charge in [0.2, 0.25) is 0 Å². The summed E-state index contributed by atoms with van der Waals surface area (Å²) in [5.41, 5.74) is 0. The van der Waals surface area contributed by atoms with Gasteiger partial charge in [0.25, 0.3) is 0 Å². The van der Waals surface area contributed by atoms with Gasteiger partial charge in [-0.05, 0) is 39.5 Å². The monoisotopic (exact) mass is 245 g/mol. The highest BCUT2D eigenvalue weighted by Gasteiger charge is 2.34. The predicted molar refractivity (Wildman–Crippen MR) is 69.8 cm³/mol. The molecular formula is C14H28FNO. The van der Waals surface area contributed by atoms with E-state index >= 15 is 0 Å². The molecule has 2 nitrogen and oxygen atoms in total. The van der Waals surface area contributed by atoms with Crippen LogP contribution in [0.3, 0.4) is 0 Å². The van der Waals surface area contributed by atoms with E-state index in [9.17, 15) is 4.39 Å². The van der Waals surface area contributed by atoms with Crippen molar-refractivity contribution in [1.82, 2.24) is 4.90 Å². The van der Waals surface area contributed by atoms with Crippen molar-refractivity contribution in [2.75, 3.05) is 6.61 Å². The third-order valence-electron chi connectivity index (χ3n) is 3.73.